The largest absolute Gasteiger partial charge is 0.497 e. The molecule has 1 atom stereocenters. The van der Waals surface area contributed by atoms with Gasteiger partial charge in [0.2, 0.25) is 0 Å². The molecule has 0 bridgehead atoms. The van der Waals surface area contributed by atoms with Crippen molar-refractivity contribution < 1.29 is 19.3 Å². The Labute approximate surface area is 188 Å². The number of likely N-dealkylation sites (N-methyl/N-ethyl adjacent to an activating group) is 1. The Bertz CT molecular complexity index is 1110. The van der Waals surface area contributed by atoms with E-state index in [1.807, 2.05) is 24.3 Å². The third-order valence-corrected chi connectivity index (χ3v) is 6.96. The van der Waals surface area contributed by atoms with E-state index >= 15 is 0 Å². The van der Waals surface area contributed by atoms with Gasteiger partial charge in [0.1, 0.15) is 17.2 Å². The van der Waals surface area contributed by atoms with Gasteiger partial charge in [0.25, 0.3) is 0 Å². The number of likely N-dealkylation sites (tertiary alicyclic amines) is 1. The Balaban J connectivity index is 1.58. The highest BCUT2D eigenvalue weighted by atomic mass is 16.5. The van der Waals surface area contributed by atoms with E-state index in [4.69, 9.17) is 14.2 Å². The molecule has 3 aromatic rings. The third kappa shape index (κ3) is 3.32. The van der Waals surface area contributed by atoms with Gasteiger partial charge in [-0.25, -0.2) is 0 Å². The van der Waals surface area contributed by atoms with Crippen molar-refractivity contribution in [2.45, 2.75) is 18.0 Å². The quantitative estimate of drug-likeness (QED) is 0.618. The fourth-order valence-corrected chi connectivity index (χ4v) is 5.72. The van der Waals surface area contributed by atoms with Gasteiger partial charge < -0.3 is 29.2 Å². The Hall–Kier alpha value is -2.74. The zero-order valence-corrected chi connectivity index (χ0v) is 19.1. The summed E-state index contributed by atoms with van der Waals surface area (Å²) in [6.07, 6.45) is 0. The normalized spacial score (nSPS) is 20.2. The summed E-state index contributed by atoms with van der Waals surface area (Å²) in [6.45, 7) is 3.62. The summed E-state index contributed by atoms with van der Waals surface area (Å²) in [7, 11) is 7.19. The molecular weight excluding hydrogens is 406 g/mol. The van der Waals surface area contributed by atoms with Crippen LogP contribution in [0.25, 0.3) is 10.9 Å². The molecule has 2 aliphatic rings. The Morgan fingerprint density at radius 3 is 2.25 bits per heavy atom. The summed E-state index contributed by atoms with van der Waals surface area (Å²) >= 11 is 0. The van der Waals surface area contributed by atoms with E-state index in [0.29, 0.717) is 6.54 Å². The summed E-state index contributed by atoms with van der Waals surface area (Å²) in [5.74, 6) is 2.37. The molecule has 0 radical (unpaired) electrons. The number of hydrogen-bond donors (Lipinski definition) is 2. The van der Waals surface area contributed by atoms with Crippen LogP contribution in [0.15, 0.2) is 36.4 Å². The van der Waals surface area contributed by atoms with Crippen LogP contribution in [0.2, 0.25) is 0 Å². The van der Waals surface area contributed by atoms with Gasteiger partial charge in [-0.2, -0.15) is 0 Å². The number of nitrogens with zero attached hydrogens (tertiary/aromatic N) is 2. The average molecular weight is 438 g/mol. The van der Waals surface area contributed by atoms with Crippen molar-refractivity contribution >= 4 is 10.9 Å². The zero-order chi connectivity index (χ0) is 22.5. The molecule has 1 saturated heterocycles. The first-order chi connectivity index (χ1) is 15.5. The molecule has 32 heavy (non-hydrogen) atoms. The molecule has 2 N–H and O–H groups in total. The van der Waals surface area contributed by atoms with E-state index in [2.05, 4.69) is 34.0 Å². The number of rotatable bonds is 6. The highest BCUT2D eigenvalue weighted by Crippen LogP contribution is 2.48. The second-order valence-electron chi connectivity index (χ2n) is 9.10. The second-order valence-corrected chi connectivity index (χ2v) is 9.10. The van der Waals surface area contributed by atoms with Gasteiger partial charge in [-0.15, -0.1) is 0 Å². The van der Waals surface area contributed by atoms with Crippen molar-refractivity contribution in [2.75, 3.05) is 54.6 Å². The van der Waals surface area contributed by atoms with Crippen LogP contribution >= 0.6 is 0 Å². The van der Waals surface area contributed by atoms with Gasteiger partial charge in [0.05, 0.1) is 34.0 Å². The number of ether oxygens (including phenoxy) is 3. The number of fused-ring (bicyclic) bond motifs is 4. The number of aliphatic hydroxyl groups excluding tert-OH is 1. The minimum atomic E-state index is -0.114. The predicted octanol–water partition coefficient (Wildman–Crippen LogP) is 2.93. The van der Waals surface area contributed by atoms with Gasteiger partial charge in [-0.1, -0.05) is 0 Å². The first kappa shape index (κ1) is 21.1. The van der Waals surface area contributed by atoms with Crippen molar-refractivity contribution in [3.8, 4) is 17.2 Å². The molecule has 3 heterocycles. The van der Waals surface area contributed by atoms with Gasteiger partial charge in [-0.05, 0) is 42.4 Å². The SMILES string of the molecule is COc1cc(CN2CC3(CN(C)C3)c3c([nH]c4cc(OC)ccc34)[C@H]2CO)cc(OC)c1. The minimum Gasteiger partial charge on any atom is -0.497 e. The number of aliphatic hydroxyl groups is 1. The smallest absolute Gasteiger partial charge is 0.122 e. The summed E-state index contributed by atoms with van der Waals surface area (Å²) in [6, 6.07) is 12.1. The topological polar surface area (TPSA) is 70.2 Å². The molecule has 1 aromatic heterocycles. The Kier molecular flexibility index (Phi) is 5.28. The Morgan fingerprint density at radius 2 is 1.66 bits per heavy atom. The summed E-state index contributed by atoms with van der Waals surface area (Å²) in [4.78, 5) is 8.39. The number of aromatic amines is 1. The second kappa shape index (κ2) is 7.99. The molecule has 0 saturated carbocycles. The Morgan fingerprint density at radius 1 is 0.969 bits per heavy atom. The van der Waals surface area contributed by atoms with Gasteiger partial charge in [0, 0.05) is 60.3 Å². The van der Waals surface area contributed by atoms with Gasteiger partial charge in [0.15, 0.2) is 0 Å². The lowest BCUT2D eigenvalue weighted by Crippen LogP contribution is -2.65. The van der Waals surface area contributed by atoms with Crippen molar-refractivity contribution in [1.82, 2.24) is 14.8 Å². The summed E-state index contributed by atoms with van der Waals surface area (Å²) < 4.78 is 16.4. The van der Waals surface area contributed by atoms with E-state index < -0.39 is 0 Å². The number of methoxy groups -OCH3 is 3. The minimum absolute atomic E-state index is 0.0333. The first-order valence-electron chi connectivity index (χ1n) is 11.0. The molecule has 7 nitrogen and oxygen atoms in total. The number of aromatic nitrogens is 1. The maximum absolute atomic E-state index is 10.5. The van der Waals surface area contributed by atoms with Crippen LogP contribution in [0.1, 0.15) is 22.9 Å². The van der Waals surface area contributed by atoms with Crippen LogP contribution in [0, 0.1) is 0 Å². The fourth-order valence-electron chi connectivity index (χ4n) is 5.72. The molecule has 1 fully saturated rings. The monoisotopic (exact) mass is 437 g/mol. The van der Waals surface area contributed by atoms with Crippen LogP contribution < -0.4 is 14.2 Å². The van der Waals surface area contributed by atoms with Crippen LogP contribution in [0.5, 0.6) is 17.2 Å². The van der Waals surface area contributed by atoms with Crippen LogP contribution in [-0.4, -0.2) is 74.5 Å². The predicted molar refractivity (Wildman–Crippen MR) is 124 cm³/mol. The number of nitrogens with one attached hydrogen (secondary N) is 1. The molecule has 2 aliphatic heterocycles. The first-order valence-corrected chi connectivity index (χ1v) is 11.0. The number of benzene rings is 2. The van der Waals surface area contributed by atoms with E-state index in [1.165, 1.54) is 10.9 Å². The molecule has 0 unspecified atom stereocenters. The molecule has 0 aliphatic carbocycles. The van der Waals surface area contributed by atoms with Crippen LogP contribution in [0.3, 0.4) is 0 Å². The summed E-state index contributed by atoms with van der Waals surface area (Å²) in [5.41, 5.74) is 4.66. The number of hydrogen-bond acceptors (Lipinski definition) is 6. The lowest BCUT2D eigenvalue weighted by atomic mass is 9.69. The molecular formula is C25H31N3O4. The van der Waals surface area contributed by atoms with Crippen molar-refractivity contribution in [3.63, 3.8) is 0 Å². The molecule has 5 rings (SSSR count). The van der Waals surface area contributed by atoms with E-state index in [1.54, 1.807) is 21.3 Å². The maximum Gasteiger partial charge on any atom is 0.122 e. The molecule has 0 amide bonds. The van der Waals surface area contributed by atoms with Gasteiger partial charge >= 0.3 is 0 Å². The molecule has 7 heteroatoms. The van der Waals surface area contributed by atoms with E-state index in [-0.39, 0.29) is 18.1 Å². The highest BCUT2D eigenvalue weighted by Gasteiger charge is 2.51. The lowest BCUT2D eigenvalue weighted by molar-refractivity contribution is 0.00418. The van der Waals surface area contributed by atoms with Crippen molar-refractivity contribution in [2.24, 2.45) is 0 Å². The standard InChI is InChI=1S/C25H31N3O4/c1-27-13-25(14-27)15-28(11-16-7-18(31-3)9-19(8-16)32-4)22(12-29)24-23(25)20-6-5-17(30-2)10-21(20)26-24/h5-10,22,26,29H,11-15H2,1-4H3/t22-/m1/s1. The van der Waals surface area contributed by atoms with E-state index in [0.717, 1.165) is 53.7 Å². The highest BCUT2D eigenvalue weighted by molar-refractivity contribution is 5.88. The fraction of sp³-hybridized carbons (Fsp3) is 0.440. The zero-order valence-electron chi connectivity index (χ0n) is 19.1. The van der Waals surface area contributed by atoms with Crippen molar-refractivity contribution in [3.05, 3.63) is 53.2 Å². The average Bonchev–Trinajstić information content (AvgIpc) is 3.16. The lowest BCUT2D eigenvalue weighted by Gasteiger charge is -2.55. The maximum atomic E-state index is 10.5. The molecule has 2 aromatic carbocycles. The van der Waals surface area contributed by atoms with Crippen molar-refractivity contribution in [1.29, 1.82) is 0 Å². The van der Waals surface area contributed by atoms with Crippen LogP contribution in [0.4, 0.5) is 0 Å². The van der Waals surface area contributed by atoms with Gasteiger partial charge in [-0.3, -0.25) is 4.90 Å². The number of H-pyrrole nitrogens is 1. The molecule has 170 valence electrons. The van der Waals surface area contributed by atoms with Crippen LogP contribution in [-0.2, 0) is 12.0 Å². The molecule has 1 spiro atoms. The summed E-state index contributed by atoms with van der Waals surface area (Å²) in [5, 5.41) is 11.7. The third-order valence-electron chi connectivity index (χ3n) is 6.96. The van der Waals surface area contributed by atoms with E-state index in [9.17, 15) is 5.11 Å².